The molecule has 3 N–H and O–H groups in total. The summed E-state index contributed by atoms with van der Waals surface area (Å²) in [5.41, 5.74) is -0.531. The fraction of sp³-hybridized carbons (Fsp3) is 0.400. The van der Waals surface area contributed by atoms with E-state index >= 15 is 0 Å². The number of anilines is 4. The highest BCUT2D eigenvalue weighted by Gasteiger charge is 2.45. The third-order valence-corrected chi connectivity index (χ3v) is 5.14. The third kappa shape index (κ3) is 4.39. The Morgan fingerprint density at radius 1 is 1.38 bits per heavy atom. The van der Waals surface area contributed by atoms with Gasteiger partial charge in [-0.3, -0.25) is 4.79 Å². The Bertz CT molecular complexity index is 1050. The number of hydrogen-bond donors (Lipinski definition) is 3. The van der Waals surface area contributed by atoms with E-state index in [1.807, 2.05) is 13.8 Å². The number of nitrogens with one attached hydrogen (secondary N) is 2. The third-order valence-electron chi connectivity index (χ3n) is 5.14. The van der Waals surface area contributed by atoms with Crippen molar-refractivity contribution >= 4 is 35.0 Å². The number of carbonyl (C=O) groups is 2. The van der Waals surface area contributed by atoms with Crippen LogP contribution in [-0.2, 0) is 4.79 Å². The number of fused-ring (bicyclic) bond motifs is 1. The van der Waals surface area contributed by atoms with Gasteiger partial charge in [0.2, 0.25) is 5.95 Å². The number of carbonyl (C=O) groups excluding carboxylic acids is 1. The first-order chi connectivity index (χ1) is 15.1. The predicted molar refractivity (Wildman–Crippen MR) is 111 cm³/mol. The van der Waals surface area contributed by atoms with Crippen LogP contribution in [0, 0.1) is 5.82 Å². The number of hydrogen-bond acceptors (Lipinski definition) is 7. The molecule has 172 valence electrons. The average Bonchev–Trinajstić information content (AvgIpc) is 2.83. The van der Waals surface area contributed by atoms with Crippen LogP contribution in [0.25, 0.3) is 0 Å². The second-order valence-electron chi connectivity index (χ2n) is 7.15. The average molecular weight is 453 g/mol. The summed E-state index contributed by atoms with van der Waals surface area (Å²) in [7, 11) is 1.27. The van der Waals surface area contributed by atoms with Gasteiger partial charge in [-0.05, 0) is 18.9 Å². The van der Waals surface area contributed by atoms with Crippen molar-refractivity contribution in [2.75, 3.05) is 29.2 Å². The van der Waals surface area contributed by atoms with Gasteiger partial charge in [-0.2, -0.15) is 13.8 Å². The van der Waals surface area contributed by atoms with Crippen molar-refractivity contribution in [2.24, 2.45) is 0 Å². The molecule has 2 aromatic rings. The molecule has 9 nitrogen and oxygen atoms in total. The largest absolute Gasteiger partial charge is 0.495 e. The van der Waals surface area contributed by atoms with Crippen molar-refractivity contribution in [1.29, 1.82) is 0 Å². The maximum absolute atomic E-state index is 14.4. The maximum Gasteiger partial charge on any atom is 0.341 e. The van der Waals surface area contributed by atoms with Gasteiger partial charge in [-0.15, -0.1) is 0 Å². The van der Waals surface area contributed by atoms with Crippen LogP contribution < -0.4 is 20.3 Å². The normalized spacial score (nSPS) is 15.1. The molecule has 0 saturated heterocycles. The van der Waals surface area contributed by atoms with Crippen LogP contribution in [0.3, 0.4) is 0 Å². The number of aromatic nitrogens is 2. The van der Waals surface area contributed by atoms with E-state index in [1.165, 1.54) is 18.2 Å². The van der Waals surface area contributed by atoms with E-state index in [4.69, 9.17) is 9.84 Å². The SMILES string of the molecule is CCC(CC)N1CC(F)(F)C(=O)Nc2cnc(Nc3cc(F)c(C(=O)O)cc3OC)nc21. The Hall–Kier alpha value is -3.57. The van der Waals surface area contributed by atoms with Gasteiger partial charge in [0.1, 0.15) is 17.3 Å². The number of aromatic carboxylic acids is 1. The summed E-state index contributed by atoms with van der Waals surface area (Å²) in [5.74, 6) is -7.56. The number of rotatable bonds is 7. The Morgan fingerprint density at radius 2 is 2.06 bits per heavy atom. The molecule has 0 unspecified atom stereocenters. The molecule has 0 atom stereocenters. The zero-order chi connectivity index (χ0) is 23.6. The second kappa shape index (κ2) is 8.89. The molecule has 1 aliphatic rings. The predicted octanol–water partition coefficient (Wildman–Crippen LogP) is 3.65. The molecule has 0 radical (unpaired) electrons. The highest BCUT2D eigenvalue weighted by Crippen LogP contribution is 2.36. The summed E-state index contributed by atoms with van der Waals surface area (Å²) in [6.45, 7) is 2.81. The molecule has 0 aliphatic carbocycles. The summed E-state index contributed by atoms with van der Waals surface area (Å²) in [5, 5.41) is 14.0. The molecular weight excluding hydrogens is 431 g/mol. The van der Waals surface area contributed by atoms with E-state index in [0.29, 0.717) is 12.8 Å². The van der Waals surface area contributed by atoms with Crippen LogP contribution in [0.5, 0.6) is 5.75 Å². The number of methoxy groups -OCH3 is 1. The number of ether oxygens (including phenoxy) is 1. The molecule has 1 aromatic heterocycles. The van der Waals surface area contributed by atoms with Crippen LogP contribution in [-0.4, -0.2) is 52.6 Å². The van der Waals surface area contributed by atoms with Gasteiger partial charge in [0, 0.05) is 12.1 Å². The van der Waals surface area contributed by atoms with Gasteiger partial charge in [0.15, 0.2) is 5.82 Å². The lowest BCUT2D eigenvalue weighted by Crippen LogP contribution is -2.46. The van der Waals surface area contributed by atoms with Gasteiger partial charge in [0.25, 0.3) is 5.91 Å². The van der Waals surface area contributed by atoms with Crippen LogP contribution in [0.1, 0.15) is 37.0 Å². The Morgan fingerprint density at radius 3 is 2.66 bits per heavy atom. The highest BCUT2D eigenvalue weighted by molar-refractivity contribution is 6.00. The van der Waals surface area contributed by atoms with Gasteiger partial charge >= 0.3 is 11.9 Å². The van der Waals surface area contributed by atoms with Crippen LogP contribution in [0.15, 0.2) is 18.3 Å². The van der Waals surface area contributed by atoms with E-state index in [-0.39, 0.29) is 34.9 Å². The minimum absolute atomic E-state index is 0.0130. The standard InChI is InChI=1S/C20H22F3N5O4/c1-4-10(5-2)28-9-20(22,23)18(31)25-14-8-24-19(27-16(14)28)26-13-7-12(21)11(17(29)30)6-15(13)32-3/h6-8,10H,4-5,9H2,1-3H3,(H,25,31)(H,29,30)(H,24,26,27). The van der Waals surface area contributed by atoms with Crippen molar-refractivity contribution in [1.82, 2.24) is 9.97 Å². The maximum atomic E-state index is 14.4. The van der Waals surface area contributed by atoms with Crippen molar-refractivity contribution in [3.8, 4) is 5.75 Å². The quantitative estimate of drug-likeness (QED) is 0.582. The fourth-order valence-corrected chi connectivity index (χ4v) is 3.45. The van der Waals surface area contributed by atoms with Crippen LogP contribution >= 0.6 is 0 Å². The first kappa shape index (κ1) is 23.1. The summed E-state index contributed by atoms with van der Waals surface area (Å²) in [6.07, 6.45) is 2.24. The number of alkyl halides is 2. The number of carboxylic acid groups (broad SMARTS) is 1. The lowest BCUT2D eigenvalue weighted by atomic mass is 10.1. The van der Waals surface area contributed by atoms with Crippen molar-refractivity contribution in [3.63, 3.8) is 0 Å². The van der Waals surface area contributed by atoms with Gasteiger partial charge in [-0.1, -0.05) is 13.8 Å². The second-order valence-corrected chi connectivity index (χ2v) is 7.15. The van der Waals surface area contributed by atoms with Crippen molar-refractivity contribution in [3.05, 3.63) is 29.7 Å². The zero-order valence-electron chi connectivity index (χ0n) is 17.6. The van der Waals surface area contributed by atoms with Gasteiger partial charge < -0.3 is 25.4 Å². The Labute approximate surface area is 181 Å². The smallest absolute Gasteiger partial charge is 0.341 e. The van der Waals surface area contributed by atoms with Crippen LogP contribution in [0.4, 0.5) is 36.3 Å². The Kier molecular flexibility index (Phi) is 6.42. The van der Waals surface area contributed by atoms with E-state index in [9.17, 15) is 22.8 Å². The molecule has 0 saturated carbocycles. The summed E-state index contributed by atoms with van der Waals surface area (Å²) in [4.78, 5) is 32.8. The topological polar surface area (TPSA) is 117 Å². The number of carboxylic acids is 1. The summed E-state index contributed by atoms with van der Waals surface area (Å²) < 4.78 is 48.0. The minimum atomic E-state index is -3.64. The zero-order valence-corrected chi connectivity index (χ0v) is 17.6. The van der Waals surface area contributed by atoms with Gasteiger partial charge in [-0.25, -0.2) is 14.2 Å². The lowest BCUT2D eigenvalue weighted by molar-refractivity contribution is -0.138. The molecule has 1 amide bonds. The number of benzene rings is 1. The fourth-order valence-electron chi connectivity index (χ4n) is 3.45. The monoisotopic (exact) mass is 453 g/mol. The van der Waals surface area contributed by atoms with E-state index < -0.39 is 35.7 Å². The van der Waals surface area contributed by atoms with E-state index in [2.05, 4.69) is 20.6 Å². The molecular formula is C20H22F3N5O4. The molecule has 1 aromatic carbocycles. The molecule has 3 rings (SSSR count). The van der Waals surface area contributed by atoms with E-state index in [1.54, 1.807) is 0 Å². The number of amides is 1. The minimum Gasteiger partial charge on any atom is -0.495 e. The van der Waals surface area contributed by atoms with Crippen molar-refractivity contribution < 1.29 is 32.6 Å². The summed E-state index contributed by atoms with van der Waals surface area (Å²) in [6, 6.07) is 1.59. The molecule has 0 fully saturated rings. The number of nitrogens with zero attached hydrogens (tertiary/aromatic N) is 3. The molecule has 32 heavy (non-hydrogen) atoms. The lowest BCUT2D eigenvalue weighted by Gasteiger charge is -2.32. The molecule has 0 spiro atoms. The van der Waals surface area contributed by atoms with Crippen molar-refractivity contribution in [2.45, 2.75) is 38.7 Å². The first-order valence-corrected chi connectivity index (χ1v) is 9.82. The highest BCUT2D eigenvalue weighted by atomic mass is 19.3. The molecule has 12 heteroatoms. The number of halogens is 3. The van der Waals surface area contributed by atoms with Crippen LogP contribution in [0.2, 0.25) is 0 Å². The molecule has 2 heterocycles. The Balaban J connectivity index is 2.05. The van der Waals surface area contributed by atoms with E-state index in [0.717, 1.165) is 12.1 Å². The summed E-state index contributed by atoms with van der Waals surface area (Å²) >= 11 is 0. The molecule has 0 bridgehead atoms. The van der Waals surface area contributed by atoms with Gasteiger partial charge in [0.05, 0.1) is 31.1 Å². The molecule has 1 aliphatic heterocycles. The first-order valence-electron chi connectivity index (χ1n) is 9.82.